The van der Waals surface area contributed by atoms with Crippen LogP contribution in [0, 0.1) is 6.92 Å². The van der Waals surface area contributed by atoms with Gasteiger partial charge >= 0.3 is 0 Å². The van der Waals surface area contributed by atoms with Crippen LogP contribution in [0.4, 0.5) is 5.69 Å². The van der Waals surface area contributed by atoms with Crippen LogP contribution >= 0.6 is 0 Å². The van der Waals surface area contributed by atoms with Gasteiger partial charge in [0, 0.05) is 12.6 Å². The van der Waals surface area contributed by atoms with Crippen LogP contribution in [0.25, 0.3) is 0 Å². The van der Waals surface area contributed by atoms with Crippen molar-refractivity contribution in [3.05, 3.63) is 48.0 Å². The molecule has 1 heterocycles. The van der Waals surface area contributed by atoms with E-state index in [-0.39, 0.29) is 17.3 Å². The molecule has 1 aliphatic rings. The fourth-order valence-corrected chi connectivity index (χ4v) is 5.45. The molecule has 2 aromatic carbocycles. The molecule has 1 N–H and O–H groups in total. The molecule has 186 valence electrons. The van der Waals surface area contributed by atoms with Crippen LogP contribution in [0.15, 0.2) is 47.4 Å². The Bertz CT molecular complexity index is 1050. The van der Waals surface area contributed by atoms with Gasteiger partial charge < -0.3 is 19.7 Å². The number of aryl methyl sites for hydroxylation is 1. The topological polar surface area (TPSA) is 88.2 Å². The van der Waals surface area contributed by atoms with Gasteiger partial charge in [0.1, 0.15) is 6.54 Å². The van der Waals surface area contributed by atoms with E-state index in [1.165, 1.54) is 33.5 Å². The Labute approximate surface area is 202 Å². The molecule has 0 unspecified atom stereocenters. The van der Waals surface area contributed by atoms with E-state index in [1.54, 1.807) is 42.5 Å². The number of likely N-dealkylation sites (tertiary alicyclic amines) is 1. The summed E-state index contributed by atoms with van der Waals surface area (Å²) in [7, 11) is -0.999. The van der Waals surface area contributed by atoms with Crippen LogP contribution < -0.4 is 19.1 Å². The van der Waals surface area contributed by atoms with Gasteiger partial charge in [0.2, 0.25) is 5.91 Å². The number of piperidine rings is 1. The van der Waals surface area contributed by atoms with Crippen molar-refractivity contribution < 1.29 is 22.7 Å². The summed E-state index contributed by atoms with van der Waals surface area (Å²) in [5, 5.41) is 2.88. The van der Waals surface area contributed by atoms with Crippen molar-refractivity contribution in [2.45, 2.75) is 37.5 Å². The molecule has 1 amide bonds. The molecule has 0 aromatic heterocycles. The van der Waals surface area contributed by atoms with Crippen LogP contribution in [0.5, 0.6) is 11.5 Å². The third-order valence-electron chi connectivity index (χ3n) is 5.97. The Balaban J connectivity index is 1.76. The third-order valence-corrected chi connectivity index (χ3v) is 7.76. The molecule has 34 heavy (non-hydrogen) atoms. The number of benzene rings is 2. The minimum absolute atomic E-state index is 0.116. The molecular formula is C25H35N3O5S. The normalized spacial score (nSPS) is 14.4. The van der Waals surface area contributed by atoms with E-state index in [9.17, 15) is 13.2 Å². The summed E-state index contributed by atoms with van der Waals surface area (Å²) in [5.41, 5.74) is 1.27. The zero-order valence-electron chi connectivity index (χ0n) is 20.2. The van der Waals surface area contributed by atoms with Gasteiger partial charge in [-0.05, 0) is 70.1 Å². The van der Waals surface area contributed by atoms with Crippen molar-refractivity contribution in [3.63, 3.8) is 0 Å². The van der Waals surface area contributed by atoms with E-state index in [0.717, 1.165) is 35.9 Å². The van der Waals surface area contributed by atoms with Gasteiger partial charge in [-0.3, -0.25) is 9.10 Å². The van der Waals surface area contributed by atoms with E-state index in [4.69, 9.17) is 9.47 Å². The minimum Gasteiger partial charge on any atom is -0.493 e. The summed E-state index contributed by atoms with van der Waals surface area (Å²) in [5.74, 6) is 0.497. The fraction of sp³-hybridized carbons (Fsp3) is 0.480. The molecule has 0 atom stereocenters. The molecule has 1 fully saturated rings. The van der Waals surface area contributed by atoms with Crippen molar-refractivity contribution in [1.82, 2.24) is 10.2 Å². The highest BCUT2D eigenvalue weighted by molar-refractivity contribution is 7.92. The number of carbonyl (C=O) groups excluding carboxylic acids is 1. The summed E-state index contributed by atoms with van der Waals surface area (Å²) in [4.78, 5) is 15.3. The van der Waals surface area contributed by atoms with Crippen LogP contribution in [0.3, 0.4) is 0 Å². The third kappa shape index (κ3) is 6.64. The van der Waals surface area contributed by atoms with Gasteiger partial charge in [-0.15, -0.1) is 0 Å². The molecule has 0 aliphatic carbocycles. The Morgan fingerprint density at radius 2 is 1.68 bits per heavy atom. The molecule has 0 radical (unpaired) electrons. The van der Waals surface area contributed by atoms with Crippen LogP contribution in [-0.4, -0.2) is 66.2 Å². The lowest BCUT2D eigenvalue weighted by Crippen LogP contribution is -2.41. The van der Waals surface area contributed by atoms with Crippen molar-refractivity contribution in [2.75, 3.05) is 51.2 Å². The molecule has 0 bridgehead atoms. The molecule has 2 aromatic rings. The maximum absolute atomic E-state index is 13.5. The number of hydrogen-bond donors (Lipinski definition) is 1. The van der Waals surface area contributed by atoms with Crippen molar-refractivity contribution in [3.8, 4) is 11.5 Å². The predicted octanol–water partition coefficient (Wildman–Crippen LogP) is 3.20. The van der Waals surface area contributed by atoms with Crippen molar-refractivity contribution in [1.29, 1.82) is 0 Å². The zero-order chi connectivity index (χ0) is 24.6. The highest BCUT2D eigenvalue weighted by Crippen LogP contribution is 2.33. The number of carbonyl (C=O) groups is 1. The monoisotopic (exact) mass is 489 g/mol. The molecule has 1 aliphatic heterocycles. The van der Waals surface area contributed by atoms with E-state index in [0.29, 0.717) is 23.7 Å². The first-order chi connectivity index (χ1) is 16.3. The van der Waals surface area contributed by atoms with Crippen LogP contribution in [0.2, 0.25) is 0 Å². The first-order valence-corrected chi connectivity index (χ1v) is 13.1. The average Bonchev–Trinajstić information content (AvgIpc) is 2.85. The Kier molecular flexibility index (Phi) is 9.18. The molecule has 0 spiro atoms. The smallest absolute Gasteiger partial charge is 0.264 e. The van der Waals surface area contributed by atoms with Gasteiger partial charge in [-0.2, -0.15) is 0 Å². The lowest BCUT2D eigenvalue weighted by atomic mass is 10.1. The quantitative estimate of drug-likeness (QED) is 0.488. The van der Waals surface area contributed by atoms with Crippen molar-refractivity contribution in [2.24, 2.45) is 0 Å². The lowest BCUT2D eigenvalue weighted by molar-refractivity contribution is -0.119. The number of rotatable bonds is 11. The highest BCUT2D eigenvalue weighted by atomic mass is 32.2. The second-order valence-corrected chi connectivity index (χ2v) is 10.3. The highest BCUT2D eigenvalue weighted by Gasteiger charge is 2.28. The SMILES string of the molecule is COc1ccc(N(CC(=O)NCCCN2CCCCC2)S(=O)(=O)c2ccc(C)cc2)cc1OC. The number of hydrogen-bond acceptors (Lipinski definition) is 6. The lowest BCUT2D eigenvalue weighted by Gasteiger charge is -2.26. The number of nitrogens with zero attached hydrogens (tertiary/aromatic N) is 2. The predicted molar refractivity (Wildman–Crippen MR) is 133 cm³/mol. The van der Waals surface area contributed by atoms with E-state index < -0.39 is 10.0 Å². The molecule has 9 heteroatoms. The first kappa shape index (κ1) is 25.8. The fourth-order valence-electron chi connectivity index (χ4n) is 4.03. The van der Waals surface area contributed by atoms with Gasteiger partial charge in [0.25, 0.3) is 10.0 Å². The summed E-state index contributed by atoms with van der Waals surface area (Å²) < 4.78 is 38.8. The summed E-state index contributed by atoms with van der Waals surface area (Å²) in [6.07, 6.45) is 4.56. The summed E-state index contributed by atoms with van der Waals surface area (Å²) in [6.45, 7) is 5.20. The number of methoxy groups -OCH3 is 2. The number of sulfonamides is 1. The zero-order valence-corrected chi connectivity index (χ0v) is 21.1. The molecule has 1 saturated heterocycles. The first-order valence-electron chi connectivity index (χ1n) is 11.7. The van der Waals surface area contributed by atoms with E-state index in [2.05, 4.69) is 10.2 Å². The minimum atomic E-state index is -3.99. The second-order valence-electron chi connectivity index (χ2n) is 8.47. The van der Waals surface area contributed by atoms with E-state index >= 15 is 0 Å². The number of nitrogens with one attached hydrogen (secondary N) is 1. The van der Waals surface area contributed by atoms with Gasteiger partial charge in [0.15, 0.2) is 11.5 Å². The maximum atomic E-state index is 13.5. The van der Waals surface area contributed by atoms with Gasteiger partial charge in [0.05, 0.1) is 24.8 Å². The summed E-state index contributed by atoms with van der Waals surface area (Å²) in [6, 6.07) is 11.4. The maximum Gasteiger partial charge on any atom is 0.264 e. The van der Waals surface area contributed by atoms with Gasteiger partial charge in [-0.1, -0.05) is 24.1 Å². The second kappa shape index (κ2) is 12.1. The molecule has 3 rings (SSSR count). The molecule has 8 nitrogen and oxygen atoms in total. The molecule has 0 saturated carbocycles. The Morgan fingerprint density at radius 3 is 2.32 bits per heavy atom. The van der Waals surface area contributed by atoms with Crippen LogP contribution in [-0.2, 0) is 14.8 Å². The number of ether oxygens (including phenoxy) is 2. The number of amides is 1. The Hall–Kier alpha value is -2.78. The Morgan fingerprint density at radius 1 is 1.00 bits per heavy atom. The molecular weight excluding hydrogens is 454 g/mol. The number of anilines is 1. The largest absolute Gasteiger partial charge is 0.493 e. The summed E-state index contributed by atoms with van der Waals surface area (Å²) >= 11 is 0. The standard InChI is InChI=1S/C25H35N3O5S/c1-20-8-11-22(12-9-20)34(30,31)28(21-10-13-23(32-2)24(18-21)33-3)19-25(29)26-14-7-17-27-15-5-4-6-16-27/h8-13,18H,4-7,14-17,19H2,1-3H3,(H,26,29). The van der Waals surface area contributed by atoms with E-state index in [1.807, 2.05) is 6.92 Å². The van der Waals surface area contributed by atoms with Crippen LogP contribution in [0.1, 0.15) is 31.2 Å². The average molecular weight is 490 g/mol. The van der Waals surface area contributed by atoms with Crippen molar-refractivity contribution >= 4 is 21.6 Å². The van der Waals surface area contributed by atoms with Gasteiger partial charge in [-0.25, -0.2) is 8.42 Å².